The summed E-state index contributed by atoms with van der Waals surface area (Å²) in [5, 5.41) is 2.74. The van der Waals surface area contributed by atoms with E-state index in [0.29, 0.717) is 12.0 Å². The molecule has 2 heteroatoms. The molecule has 4 rings (SSSR count). The first-order valence-electron chi connectivity index (χ1n) is 6.77. The maximum Gasteiger partial charge on any atom is 0.123 e. The van der Waals surface area contributed by atoms with E-state index < -0.39 is 0 Å². The van der Waals surface area contributed by atoms with E-state index >= 15 is 0 Å². The summed E-state index contributed by atoms with van der Waals surface area (Å²) in [5.74, 6) is 1.64. The molecule has 2 aliphatic rings. The molecule has 2 atom stereocenters. The van der Waals surface area contributed by atoms with Crippen molar-refractivity contribution in [1.82, 2.24) is 0 Å². The summed E-state index contributed by atoms with van der Waals surface area (Å²) in [7, 11) is 0. The third-order valence-electron chi connectivity index (χ3n) is 4.21. The Bertz CT molecular complexity index is 620. The van der Waals surface area contributed by atoms with Gasteiger partial charge in [0.25, 0.3) is 0 Å². The van der Waals surface area contributed by atoms with Crippen molar-refractivity contribution in [3.05, 3.63) is 41.5 Å². The van der Waals surface area contributed by atoms with Crippen molar-refractivity contribution in [1.29, 1.82) is 0 Å². The van der Waals surface area contributed by atoms with Gasteiger partial charge in [0.15, 0.2) is 0 Å². The zero-order valence-electron chi connectivity index (χ0n) is 10.4. The molecule has 0 aromatic heterocycles. The van der Waals surface area contributed by atoms with E-state index in [0.717, 1.165) is 31.6 Å². The van der Waals surface area contributed by atoms with Crippen LogP contribution in [0.25, 0.3) is 10.8 Å². The number of nitrogens with two attached hydrogens (primary N) is 1. The van der Waals surface area contributed by atoms with E-state index in [2.05, 4.69) is 30.3 Å². The fourth-order valence-corrected chi connectivity index (χ4v) is 3.16. The molecule has 0 radical (unpaired) electrons. The molecule has 2 aromatic rings. The molecule has 2 nitrogen and oxygen atoms in total. The summed E-state index contributed by atoms with van der Waals surface area (Å²) < 4.78 is 5.78. The van der Waals surface area contributed by atoms with E-state index in [4.69, 9.17) is 10.5 Å². The van der Waals surface area contributed by atoms with Gasteiger partial charge >= 0.3 is 0 Å². The number of aryl methyl sites for hydroxylation is 1. The molecule has 2 aromatic carbocycles. The smallest absolute Gasteiger partial charge is 0.123 e. The van der Waals surface area contributed by atoms with Crippen LogP contribution in [0.3, 0.4) is 0 Å². The van der Waals surface area contributed by atoms with Crippen LogP contribution in [0.2, 0.25) is 0 Å². The van der Waals surface area contributed by atoms with Gasteiger partial charge in [0, 0.05) is 17.5 Å². The van der Waals surface area contributed by atoms with Crippen LogP contribution in [0.15, 0.2) is 30.3 Å². The summed E-state index contributed by atoms with van der Waals surface area (Å²) in [6.45, 7) is 0.851. The minimum Gasteiger partial charge on any atom is -0.493 e. The Morgan fingerprint density at radius 2 is 2.06 bits per heavy atom. The van der Waals surface area contributed by atoms with Crippen LogP contribution in [0.5, 0.6) is 5.75 Å². The summed E-state index contributed by atoms with van der Waals surface area (Å²) in [6, 6.07) is 11.2. The summed E-state index contributed by atoms with van der Waals surface area (Å²) in [6.07, 6.45) is 3.38. The van der Waals surface area contributed by atoms with E-state index in [-0.39, 0.29) is 0 Å². The SMILES string of the molecule is N[C@@H]1C[C@H]1c1cccc2ccc3c(c12)CCCO3. The van der Waals surface area contributed by atoms with E-state index in [1.165, 1.54) is 21.9 Å². The molecule has 1 heterocycles. The second kappa shape index (κ2) is 3.72. The van der Waals surface area contributed by atoms with Crippen LogP contribution in [0.1, 0.15) is 29.9 Å². The Balaban J connectivity index is 2.00. The number of benzene rings is 2. The highest BCUT2D eigenvalue weighted by Crippen LogP contribution is 2.45. The zero-order valence-corrected chi connectivity index (χ0v) is 10.4. The standard InChI is InChI=1S/C16H17NO/c17-14-9-13(14)11-4-1-3-10-6-7-15-12(16(10)11)5-2-8-18-15/h1,3-4,6-7,13-14H,2,5,8-9,17H2/t13-,14+/m0/s1. The van der Waals surface area contributed by atoms with Crippen molar-refractivity contribution in [2.75, 3.05) is 6.61 Å². The van der Waals surface area contributed by atoms with Crippen molar-refractivity contribution >= 4 is 10.8 Å². The lowest BCUT2D eigenvalue weighted by atomic mass is 9.92. The number of rotatable bonds is 1. The van der Waals surface area contributed by atoms with Crippen molar-refractivity contribution < 1.29 is 4.74 Å². The van der Waals surface area contributed by atoms with Gasteiger partial charge in [-0.05, 0) is 41.7 Å². The average molecular weight is 239 g/mol. The van der Waals surface area contributed by atoms with Crippen molar-refractivity contribution in [3.8, 4) is 5.75 Å². The number of hydrogen-bond acceptors (Lipinski definition) is 2. The molecule has 0 saturated heterocycles. The second-order valence-corrected chi connectivity index (χ2v) is 5.45. The highest BCUT2D eigenvalue weighted by Gasteiger charge is 2.36. The first-order chi connectivity index (χ1) is 8.84. The van der Waals surface area contributed by atoms with Crippen LogP contribution >= 0.6 is 0 Å². The van der Waals surface area contributed by atoms with Crippen molar-refractivity contribution in [2.24, 2.45) is 5.73 Å². The molecule has 0 amide bonds. The highest BCUT2D eigenvalue weighted by molar-refractivity contribution is 5.91. The van der Waals surface area contributed by atoms with Gasteiger partial charge in [-0.15, -0.1) is 0 Å². The Labute approximate surface area is 107 Å². The molecular formula is C16H17NO. The molecule has 18 heavy (non-hydrogen) atoms. The lowest BCUT2D eigenvalue weighted by Crippen LogP contribution is -2.09. The van der Waals surface area contributed by atoms with E-state index in [1.54, 1.807) is 0 Å². The zero-order chi connectivity index (χ0) is 12.1. The van der Waals surface area contributed by atoms with Crippen LogP contribution in [-0.4, -0.2) is 12.6 Å². The fraction of sp³-hybridized carbons (Fsp3) is 0.375. The van der Waals surface area contributed by atoms with Gasteiger partial charge in [0.1, 0.15) is 5.75 Å². The predicted octanol–water partition coefficient (Wildman–Crippen LogP) is 2.98. The first-order valence-corrected chi connectivity index (χ1v) is 6.77. The third-order valence-corrected chi connectivity index (χ3v) is 4.21. The Hall–Kier alpha value is -1.54. The van der Waals surface area contributed by atoms with Gasteiger partial charge in [0.2, 0.25) is 0 Å². The Morgan fingerprint density at radius 1 is 1.17 bits per heavy atom. The fourth-order valence-electron chi connectivity index (χ4n) is 3.16. The highest BCUT2D eigenvalue weighted by atomic mass is 16.5. The van der Waals surface area contributed by atoms with Crippen LogP contribution < -0.4 is 10.5 Å². The van der Waals surface area contributed by atoms with Gasteiger partial charge in [-0.25, -0.2) is 0 Å². The van der Waals surface area contributed by atoms with E-state index in [9.17, 15) is 0 Å². The lowest BCUT2D eigenvalue weighted by Gasteiger charge is -2.20. The molecule has 0 bridgehead atoms. The maximum atomic E-state index is 6.03. The van der Waals surface area contributed by atoms with Gasteiger partial charge in [-0.2, -0.15) is 0 Å². The minimum absolute atomic E-state index is 0.357. The molecule has 2 N–H and O–H groups in total. The molecule has 1 fully saturated rings. The molecule has 1 aliphatic heterocycles. The van der Waals surface area contributed by atoms with Crippen LogP contribution in [0, 0.1) is 0 Å². The Morgan fingerprint density at radius 3 is 2.89 bits per heavy atom. The van der Waals surface area contributed by atoms with Crippen molar-refractivity contribution in [3.63, 3.8) is 0 Å². The van der Waals surface area contributed by atoms with Gasteiger partial charge < -0.3 is 10.5 Å². The Kier molecular flexibility index (Phi) is 2.15. The predicted molar refractivity (Wildman–Crippen MR) is 73.1 cm³/mol. The molecule has 1 aliphatic carbocycles. The first kappa shape index (κ1) is 10.4. The summed E-state index contributed by atoms with van der Waals surface area (Å²) in [4.78, 5) is 0. The largest absolute Gasteiger partial charge is 0.493 e. The molecule has 0 unspecified atom stereocenters. The van der Waals surface area contributed by atoms with Gasteiger partial charge in [-0.3, -0.25) is 0 Å². The number of fused-ring (bicyclic) bond motifs is 3. The average Bonchev–Trinajstić information content (AvgIpc) is 3.15. The maximum absolute atomic E-state index is 6.03. The molecule has 92 valence electrons. The van der Waals surface area contributed by atoms with Crippen LogP contribution in [0.4, 0.5) is 0 Å². The number of ether oxygens (including phenoxy) is 1. The van der Waals surface area contributed by atoms with Gasteiger partial charge in [-0.1, -0.05) is 24.3 Å². The molecule has 1 saturated carbocycles. The van der Waals surface area contributed by atoms with Crippen LogP contribution in [-0.2, 0) is 6.42 Å². The number of hydrogen-bond donors (Lipinski definition) is 1. The topological polar surface area (TPSA) is 35.2 Å². The normalized spacial score (nSPS) is 25.6. The lowest BCUT2D eigenvalue weighted by molar-refractivity contribution is 0.289. The summed E-state index contributed by atoms with van der Waals surface area (Å²) in [5.41, 5.74) is 8.86. The quantitative estimate of drug-likeness (QED) is 0.830. The second-order valence-electron chi connectivity index (χ2n) is 5.45. The van der Waals surface area contributed by atoms with Gasteiger partial charge in [0.05, 0.1) is 6.61 Å². The monoisotopic (exact) mass is 239 g/mol. The third kappa shape index (κ3) is 1.45. The van der Waals surface area contributed by atoms with Crippen molar-refractivity contribution in [2.45, 2.75) is 31.2 Å². The summed E-state index contributed by atoms with van der Waals surface area (Å²) >= 11 is 0. The minimum atomic E-state index is 0.357. The molecular weight excluding hydrogens is 222 g/mol. The van der Waals surface area contributed by atoms with E-state index in [1.807, 2.05) is 0 Å². The molecule has 0 spiro atoms.